The number of nitrogens with zero attached hydrogens (tertiary/aromatic N) is 1. The van der Waals surface area contributed by atoms with Crippen LogP contribution in [0.15, 0.2) is 0 Å². The van der Waals surface area contributed by atoms with E-state index >= 15 is 0 Å². The van der Waals surface area contributed by atoms with Gasteiger partial charge in [0.15, 0.2) is 0 Å². The molecule has 2 nitrogen and oxygen atoms in total. The summed E-state index contributed by atoms with van der Waals surface area (Å²) in [6.45, 7) is 1.98. The molecule has 0 aliphatic heterocycles. The van der Waals surface area contributed by atoms with Crippen molar-refractivity contribution < 1.29 is 0 Å². The maximum atomic E-state index is 8.33. The van der Waals surface area contributed by atoms with E-state index in [1.54, 1.807) is 0 Å². The van der Waals surface area contributed by atoms with E-state index in [9.17, 15) is 0 Å². The van der Waals surface area contributed by atoms with Crippen molar-refractivity contribution in [2.75, 3.05) is 5.88 Å². The predicted molar refractivity (Wildman–Crippen MR) is 36.3 cm³/mol. The summed E-state index contributed by atoms with van der Waals surface area (Å²) < 4.78 is 0. The lowest BCUT2D eigenvalue weighted by molar-refractivity contribution is 0.984. The second-order valence-corrected chi connectivity index (χ2v) is 2.60. The van der Waals surface area contributed by atoms with Crippen LogP contribution in [0.3, 0.4) is 0 Å². The molecule has 1 unspecified atom stereocenters. The molecule has 0 saturated heterocycles. The number of rotatable bonds is 3. The van der Waals surface area contributed by atoms with Gasteiger partial charge < -0.3 is 5.73 Å². The van der Waals surface area contributed by atoms with Crippen molar-refractivity contribution in [2.24, 2.45) is 5.73 Å². The molecule has 0 heterocycles. The van der Waals surface area contributed by atoms with Gasteiger partial charge >= 0.3 is 0 Å². The summed E-state index contributed by atoms with van der Waals surface area (Å²) in [7, 11) is 0. The molecule has 0 aliphatic carbocycles. The van der Waals surface area contributed by atoms with E-state index in [1.807, 2.05) is 6.92 Å². The van der Waals surface area contributed by atoms with E-state index in [0.717, 1.165) is 6.42 Å². The maximum absolute atomic E-state index is 8.33. The van der Waals surface area contributed by atoms with E-state index < -0.39 is 0 Å². The third-order valence-electron chi connectivity index (χ3n) is 0.812. The Labute approximate surface area is 54.1 Å². The molecular formula is C5H10N2S. The molecule has 0 rings (SSSR count). The van der Waals surface area contributed by atoms with Crippen molar-refractivity contribution in [3.63, 3.8) is 0 Å². The van der Waals surface area contributed by atoms with Crippen LogP contribution in [0.2, 0.25) is 0 Å². The Bertz CT molecular complexity index is 86.9. The molecule has 1 atom stereocenters. The normalized spacial score (nSPS) is 12.6. The summed E-state index contributed by atoms with van der Waals surface area (Å²) in [6.07, 6.45) is 0.887. The molecule has 0 radical (unpaired) electrons. The molecular weight excluding hydrogens is 120 g/mol. The molecule has 46 valence electrons. The van der Waals surface area contributed by atoms with Gasteiger partial charge in [0.2, 0.25) is 0 Å². The van der Waals surface area contributed by atoms with Crippen LogP contribution in [-0.2, 0) is 0 Å². The quantitative estimate of drug-likeness (QED) is 0.578. The second kappa shape index (κ2) is 4.95. The van der Waals surface area contributed by atoms with Crippen LogP contribution in [-0.4, -0.2) is 11.1 Å². The van der Waals surface area contributed by atoms with E-state index in [0.29, 0.717) is 5.88 Å². The number of nitriles is 1. The lowest BCUT2D eigenvalue weighted by Crippen LogP contribution is -2.02. The topological polar surface area (TPSA) is 49.8 Å². The molecule has 0 amide bonds. The monoisotopic (exact) mass is 130 g/mol. The van der Waals surface area contributed by atoms with Gasteiger partial charge in [0.1, 0.15) is 0 Å². The van der Waals surface area contributed by atoms with Gasteiger partial charge in [0.05, 0.1) is 11.3 Å². The van der Waals surface area contributed by atoms with Crippen molar-refractivity contribution in [3.8, 4) is 6.07 Å². The highest BCUT2D eigenvalue weighted by atomic mass is 32.2. The first-order valence-electron chi connectivity index (χ1n) is 2.56. The lowest BCUT2D eigenvalue weighted by Gasteiger charge is -1.99. The average Bonchev–Trinajstić information content (AvgIpc) is 1.83. The van der Waals surface area contributed by atoms with Gasteiger partial charge in [-0.1, -0.05) is 6.92 Å². The summed E-state index contributed by atoms with van der Waals surface area (Å²) in [4.78, 5) is 0. The van der Waals surface area contributed by atoms with Crippen molar-refractivity contribution in [1.82, 2.24) is 0 Å². The summed E-state index contributed by atoms with van der Waals surface area (Å²) in [5.74, 6) is 0.548. The van der Waals surface area contributed by atoms with Crippen LogP contribution in [0.25, 0.3) is 0 Å². The van der Waals surface area contributed by atoms with Gasteiger partial charge in [-0.2, -0.15) is 5.26 Å². The van der Waals surface area contributed by atoms with Crippen LogP contribution in [0.4, 0.5) is 0 Å². The van der Waals surface area contributed by atoms with Gasteiger partial charge in [-0.3, -0.25) is 0 Å². The zero-order chi connectivity index (χ0) is 6.41. The van der Waals surface area contributed by atoms with Crippen LogP contribution in [0.1, 0.15) is 13.3 Å². The molecule has 0 spiro atoms. The minimum atomic E-state index is 0.0972. The minimum absolute atomic E-state index is 0.0972. The van der Waals surface area contributed by atoms with E-state index in [2.05, 4.69) is 6.07 Å². The fourth-order valence-corrected chi connectivity index (χ4v) is 0.905. The highest BCUT2D eigenvalue weighted by Gasteiger charge is 2.00. The molecule has 0 saturated carbocycles. The standard InChI is InChI=1S/C5H10N2S/c1-2-5(3-6)8-4-7/h5H,2,4,7H2,1H3. The van der Waals surface area contributed by atoms with Gasteiger partial charge in [0, 0.05) is 5.88 Å². The van der Waals surface area contributed by atoms with Gasteiger partial charge in [-0.05, 0) is 6.42 Å². The molecule has 0 aliphatic rings. The van der Waals surface area contributed by atoms with Crippen LogP contribution in [0.5, 0.6) is 0 Å². The Morgan fingerprint density at radius 3 is 2.62 bits per heavy atom. The van der Waals surface area contributed by atoms with Crippen molar-refractivity contribution in [2.45, 2.75) is 18.6 Å². The van der Waals surface area contributed by atoms with Crippen molar-refractivity contribution in [1.29, 1.82) is 5.26 Å². The van der Waals surface area contributed by atoms with E-state index in [-0.39, 0.29) is 5.25 Å². The highest BCUT2D eigenvalue weighted by molar-refractivity contribution is 8.00. The third-order valence-corrected chi connectivity index (χ3v) is 1.85. The molecule has 0 aromatic heterocycles. The van der Waals surface area contributed by atoms with Gasteiger partial charge in [0.25, 0.3) is 0 Å². The lowest BCUT2D eigenvalue weighted by atomic mass is 10.4. The predicted octanol–water partition coefficient (Wildman–Crippen LogP) is 0.938. The fraction of sp³-hybridized carbons (Fsp3) is 0.800. The number of thioether (sulfide) groups is 1. The largest absolute Gasteiger partial charge is 0.322 e. The maximum Gasteiger partial charge on any atom is 0.0926 e. The minimum Gasteiger partial charge on any atom is -0.322 e. The summed E-state index contributed by atoms with van der Waals surface area (Å²) >= 11 is 1.49. The van der Waals surface area contributed by atoms with E-state index in [4.69, 9.17) is 11.0 Å². The molecule has 3 heteroatoms. The zero-order valence-corrected chi connectivity index (χ0v) is 5.74. The average molecular weight is 130 g/mol. The molecule has 0 bridgehead atoms. The summed E-state index contributed by atoms with van der Waals surface area (Å²) in [5, 5.41) is 8.43. The van der Waals surface area contributed by atoms with Gasteiger partial charge in [-0.15, -0.1) is 11.8 Å². The van der Waals surface area contributed by atoms with Gasteiger partial charge in [-0.25, -0.2) is 0 Å². The van der Waals surface area contributed by atoms with Crippen LogP contribution in [0, 0.1) is 11.3 Å². The first-order valence-corrected chi connectivity index (χ1v) is 3.61. The smallest absolute Gasteiger partial charge is 0.0926 e. The Morgan fingerprint density at radius 2 is 2.50 bits per heavy atom. The fourth-order valence-electron chi connectivity index (χ4n) is 0.363. The molecule has 2 N–H and O–H groups in total. The number of nitrogens with two attached hydrogens (primary N) is 1. The Kier molecular flexibility index (Phi) is 4.82. The summed E-state index contributed by atoms with van der Waals surface area (Å²) in [5.41, 5.74) is 5.19. The van der Waals surface area contributed by atoms with Crippen LogP contribution >= 0.6 is 11.8 Å². The Hall–Kier alpha value is -0.200. The van der Waals surface area contributed by atoms with Crippen LogP contribution < -0.4 is 5.73 Å². The van der Waals surface area contributed by atoms with E-state index in [1.165, 1.54) is 11.8 Å². The third kappa shape index (κ3) is 2.89. The first kappa shape index (κ1) is 7.80. The number of hydrogen-bond donors (Lipinski definition) is 1. The summed E-state index contributed by atoms with van der Waals surface area (Å²) in [6, 6.07) is 2.14. The Morgan fingerprint density at radius 1 is 1.88 bits per heavy atom. The Balaban J connectivity index is 3.26. The number of hydrogen-bond acceptors (Lipinski definition) is 3. The second-order valence-electron chi connectivity index (χ2n) is 1.36. The van der Waals surface area contributed by atoms with Crippen molar-refractivity contribution >= 4 is 11.8 Å². The molecule has 0 aromatic carbocycles. The SMILES string of the molecule is CCC(C#N)SCN. The molecule has 0 aromatic rings. The zero-order valence-electron chi connectivity index (χ0n) is 4.92. The first-order chi connectivity index (χ1) is 3.85. The molecule has 8 heavy (non-hydrogen) atoms. The van der Waals surface area contributed by atoms with Crippen molar-refractivity contribution in [3.05, 3.63) is 0 Å². The molecule has 0 fully saturated rings. The highest BCUT2D eigenvalue weighted by Crippen LogP contribution is 2.09.